The van der Waals surface area contributed by atoms with Gasteiger partial charge in [-0.25, -0.2) is 4.79 Å². The molecule has 2 heterocycles. The highest BCUT2D eigenvalue weighted by Gasteiger charge is 2.17. The number of nitrogens with zero attached hydrogens (tertiary/aromatic N) is 3. The lowest BCUT2D eigenvalue weighted by atomic mass is 10.1. The molecule has 0 fully saturated rings. The predicted molar refractivity (Wildman–Crippen MR) is 114 cm³/mol. The lowest BCUT2D eigenvalue weighted by molar-refractivity contribution is 0.526. The number of rotatable bonds is 8. The average Bonchev–Trinajstić information content (AvgIpc) is 3.04. The first-order valence-corrected chi connectivity index (χ1v) is 10.4. The van der Waals surface area contributed by atoms with E-state index in [4.69, 9.17) is 34.8 Å². The number of unbranched alkanes of at least 4 members (excludes halogenated alkanes) is 2. The van der Waals surface area contributed by atoms with Crippen molar-refractivity contribution in [2.24, 2.45) is 0 Å². The topological polar surface area (TPSA) is 72.7 Å². The highest BCUT2D eigenvalue weighted by Crippen LogP contribution is 2.25. The molecular formula is C19H21Cl3N4O2. The molecule has 1 N–H and O–H groups in total. The maximum atomic E-state index is 13.0. The van der Waals surface area contributed by atoms with Gasteiger partial charge in [-0.2, -0.15) is 4.98 Å². The standard InChI is InChI=1S/C19H21Cl3N4O2/c1-2-3-4-10-25-16-15(23-18(22)24-16)17(27)26(19(25)28)11-6-7-12-13(20)8-5-9-14(12)21/h5,8-9H,2-4,6-7,10-11H2,1H3,(H,23,24). The molecule has 0 spiro atoms. The maximum Gasteiger partial charge on any atom is 0.332 e. The van der Waals surface area contributed by atoms with Crippen LogP contribution < -0.4 is 11.2 Å². The molecule has 3 aromatic rings. The van der Waals surface area contributed by atoms with Crippen molar-refractivity contribution in [1.82, 2.24) is 19.1 Å². The third kappa shape index (κ3) is 4.29. The van der Waals surface area contributed by atoms with Gasteiger partial charge in [0.05, 0.1) is 0 Å². The van der Waals surface area contributed by atoms with Crippen molar-refractivity contribution in [2.75, 3.05) is 0 Å². The van der Waals surface area contributed by atoms with Crippen molar-refractivity contribution in [3.63, 3.8) is 0 Å². The molecule has 28 heavy (non-hydrogen) atoms. The van der Waals surface area contributed by atoms with Crippen molar-refractivity contribution in [3.05, 3.63) is 59.9 Å². The molecule has 0 unspecified atom stereocenters. The van der Waals surface area contributed by atoms with Crippen molar-refractivity contribution in [1.29, 1.82) is 0 Å². The molecule has 0 radical (unpaired) electrons. The molecule has 0 bridgehead atoms. The number of nitrogens with one attached hydrogen (secondary N) is 1. The summed E-state index contributed by atoms with van der Waals surface area (Å²) >= 11 is 18.4. The lowest BCUT2D eigenvalue weighted by Gasteiger charge is -2.12. The number of hydrogen-bond acceptors (Lipinski definition) is 3. The van der Waals surface area contributed by atoms with Crippen LogP contribution in [0.3, 0.4) is 0 Å². The van der Waals surface area contributed by atoms with E-state index in [2.05, 4.69) is 16.9 Å². The van der Waals surface area contributed by atoms with E-state index in [-0.39, 0.29) is 23.0 Å². The third-order valence-corrected chi connectivity index (χ3v) is 5.57. The summed E-state index contributed by atoms with van der Waals surface area (Å²) in [4.78, 5) is 32.6. The van der Waals surface area contributed by atoms with E-state index < -0.39 is 5.56 Å². The normalized spacial score (nSPS) is 11.4. The van der Waals surface area contributed by atoms with Crippen LogP contribution in [0.25, 0.3) is 11.2 Å². The number of H-pyrrole nitrogens is 1. The maximum absolute atomic E-state index is 13.0. The van der Waals surface area contributed by atoms with Crippen LogP contribution in [-0.2, 0) is 19.5 Å². The Kier molecular flexibility index (Phi) is 6.86. The van der Waals surface area contributed by atoms with Gasteiger partial charge in [-0.15, -0.1) is 0 Å². The first-order valence-electron chi connectivity index (χ1n) is 9.25. The fourth-order valence-electron chi connectivity index (χ4n) is 3.24. The Balaban J connectivity index is 1.92. The van der Waals surface area contributed by atoms with E-state index in [0.717, 1.165) is 24.8 Å². The van der Waals surface area contributed by atoms with Crippen molar-refractivity contribution >= 4 is 46.0 Å². The number of benzene rings is 1. The van der Waals surface area contributed by atoms with Gasteiger partial charge in [0.15, 0.2) is 11.2 Å². The third-order valence-electron chi connectivity index (χ3n) is 4.69. The first kappa shape index (κ1) is 21.0. The predicted octanol–water partition coefficient (Wildman–Crippen LogP) is 4.67. The molecule has 9 heteroatoms. The number of aromatic nitrogens is 4. The first-order chi connectivity index (χ1) is 13.4. The number of aryl methyl sites for hydroxylation is 1. The molecule has 6 nitrogen and oxygen atoms in total. The fourth-order valence-corrected chi connectivity index (χ4v) is 4.00. The van der Waals surface area contributed by atoms with Crippen LogP contribution in [-0.4, -0.2) is 19.1 Å². The summed E-state index contributed by atoms with van der Waals surface area (Å²) in [5.74, 6) is 0. The Morgan fingerprint density at radius 2 is 1.68 bits per heavy atom. The molecule has 0 atom stereocenters. The molecule has 0 aliphatic heterocycles. The summed E-state index contributed by atoms with van der Waals surface area (Å²) in [6.45, 7) is 2.82. The van der Waals surface area contributed by atoms with Gasteiger partial charge in [-0.05, 0) is 48.6 Å². The molecule has 3 rings (SSSR count). The van der Waals surface area contributed by atoms with Gasteiger partial charge in [0.1, 0.15) is 0 Å². The van der Waals surface area contributed by atoms with Crippen LogP contribution in [0, 0.1) is 0 Å². The fraction of sp³-hybridized carbons (Fsp3) is 0.421. The molecule has 150 valence electrons. The van der Waals surface area contributed by atoms with E-state index in [1.165, 1.54) is 9.13 Å². The minimum absolute atomic E-state index is 0.0938. The molecule has 0 amide bonds. The van der Waals surface area contributed by atoms with E-state index in [9.17, 15) is 9.59 Å². The van der Waals surface area contributed by atoms with Gasteiger partial charge < -0.3 is 4.98 Å². The molecule has 0 aliphatic rings. The summed E-state index contributed by atoms with van der Waals surface area (Å²) in [5.41, 5.74) is 0.574. The van der Waals surface area contributed by atoms with Crippen LogP contribution in [0.15, 0.2) is 27.8 Å². The van der Waals surface area contributed by atoms with Crippen LogP contribution >= 0.6 is 34.8 Å². The second-order valence-electron chi connectivity index (χ2n) is 6.63. The minimum Gasteiger partial charge on any atom is -0.323 e. The second kappa shape index (κ2) is 9.16. The van der Waals surface area contributed by atoms with E-state index in [1.807, 2.05) is 0 Å². The number of fused-ring (bicyclic) bond motifs is 1. The van der Waals surface area contributed by atoms with Gasteiger partial charge in [-0.3, -0.25) is 13.9 Å². The van der Waals surface area contributed by atoms with Crippen LogP contribution in [0.4, 0.5) is 0 Å². The largest absolute Gasteiger partial charge is 0.332 e. The Bertz CT molecular complexity index is 1080. The zero-order valence-corrected chi connectivity index (χ0v) is 17.7. The summed E-state index contributed by atoms with van der Waals surface area (Å²) in [6.07, 6.45) is 3.93. The average molecular weight is 444 g/mol. The van der Waals surface area contributed by atoms with Crippen molar-refractivity contribution < 1.29 is 0 Å². The quantitative estimate of drug-likeness (QED) is 0.406. The van der Waals surface area contributed by atoms with E-state index >= 15 is 0 Å². The molecule has 0 saturated heterocycles. The summed E-state index contributed by atoms with van der Waals surface area (Å²) < 4.78 is 2.75. The van der Waals surface area contributed by atoms with E-state index in [1.54, 1.807) is 18.2 Å². The SMILES string of the molecule is CCCCCn1c(=O)n(CCCc2c(Cl)cccc2Cl)c(=O)c2[nH]c(Cl)nc21. The summed E-state index contributed by atoms with van der Waals surface area (Å²) in [5, 5.41) is 1.25. The number of halogens is 3. The van der Waals surface area contributed by atoms with Crippen LogP contribution in [0.5, 0.6) is 0 Å². The Hall–Kier alpha value is -1.76. The minimum atomic E-state index is -0.420. The Morgan fingerprint density at radius 3 is 2.36 bits per heavy atom. The Labute approximate surface area is 177 Å². The highest BCUT2D eigenvalue weighted by molar-refractivity contribution is 6.36. The zero-order chi connectivity index (χ0) is 20.3. The van der Waals surface area contributed by atoms with Gasteiger partial charge in [0.2, 0.25) is 5.28 Å². The van der Waals surface area contributed by atoms with Crippen LogP contribution in [0.2, 0.25) is 15.3 Å². The van der Waals surface area contributed by atoms with Crippen molar-refractivity contribution in [3.8, 4) is 0 Å². The van der Waals surface area contributed by atoms with Gasteiger partial charge >= 0.3 is 5.69 Å². The van der Waals surface area contributed by atoms with Gasteiger partial charge in [0, 0.05) is 23.1 Å². The number of imidazole rings is 1. The van der Waals surface area contributed by atoms with Crippen molar-refractivity contribution in [2.45, 2.75) is 52.1 Å². The monoisotopic (exact) mass is 442 g/mol. The molecule has 2 aromatic heterocycles. The van der Waals surface area contributed by atoms with E-state index in [0.29, 0.717) is 35.1 Å². The van der Waals surface area contributed by atoms with Gasteiger partial charge in [0.25, 0.3) is 5.56 Å². The molecule has 1 aromatic carbocycles. The van der Waals surface area contributed by atoms with Crippen LogP contribution in [0.1, 0.15) is 38.2 Å². The second-order valence-corrected chi connectivity index (χ2v) is 7.80. The highest BCUT2D eigenvalue weighted by atomic mass is 35.5. The smallest absolute Gasteiger partial charge is 0.323 e. The summed E-state index contributed by atoms with van der Waals surface area (Å²) in [7, 11) is 0. The van der Waals surface area contributed by atoms with Gasteiger partial charge in [-0.1, -0.05) is 49.0 Å². The molecule has 0 saturated carbocycles. The molecular weight excluding hydrogens is 423 g/mol. The molecule has 0 aliphatic carbocycles. The Morgan fingerprint density at radius 1 is 1.00 bits per heavy atom. The number of hydrogen-bond donors (Lipinski definition) is 1. The number of aromatic amines is 1. The summed E-state index contributed by atoms with van der Waals surface area (Å²) in [6, 6.07) is 5.33. The zero-order valence-electron chi connectivity index (χ0n) is 15.5. The lowest BCUT2D eigenvalue weighted by Crippen LogP contribution is -2.40.